The maximum Gasteiger partial charge on any atom is 0.0163 e. The molecule has 0 saturated carbocycles. The zero-order valence-electron chi connectivity index (χ0n) is 9.23. The molecular formula is C14H19N. The summed E-state index contributed by atoms with van der Waals surface area (Å²) in [6.45, 7) is 3.71. The lowest BCUT2D eigenvalue weighted by atomic mass is 10.1. The van der Waals surface area contributed by atoms with E-state index in [0.717, 1.165) is 13.0 Å². The molecule has 0 aromatic heterocycles. The Bertz CT molecular complexity index is 296. The maximum atomic E-state index is 2.52. The first-order valence-corrected chi connectivity index (χ1v) is 5.86. The van der Waals surface area contributed by atoms with Crippen LogP contribution in [0.5, 0.6) is 0 Å². The molecule has 1 nitrogen and oxygen atoms in total. The predicted molar refractivity (Wildman–Crippen MR) is 65.0 cm³/mol. The third kappa shape index (κ3) is 3.52. The van der Waals surface area contributed by atoms with Crippen LogP contribution in [-0.2, 0) is 6.42 Å². The summed E-state index contributed by atoms with van der Waals surface area (Å²) in [7, 11) is 0. The summed E-state index contributed by atoms with van der Waals surface area (Å²) in [4.78, 5) is 2.52. The van der Waals surface area contributed by atoms with E-state index in [0.29, 0.717) is 0 Å². The van der Waals surface area contributed by atoms with Gasteiger partial charge in [0.25, 0.3) is 0 Å². The van der Waals surface area contributed by atoms with Crippen LogP contribution in [0.2, 0.25) is 0 Å². The molecular weight excluding hydrogens is 182 g/mol. The van der Waals surface area contributed by atoms with Crippen molar-refractivity contribution in [2.45, 2.75) is 19.3 Å². The van der Waals surface area contributed by atoms with E-state index in [-0.39, 0.29) is 0 Å². The number of benzene rings is 1. The molecule has 15 heavy (non-hydrogen) atoms. The van der Waals surface area contributed by atoms with Gasteiger partial charge in [0.15, 0.2) is 0 Å². The molecule has 0 amide bonds. The van der Waals surface area contributed by atoms with Crippen LogP contribution in [0.25, 0.3) is 0 Å². The van der Waals surface area contributed by atoms with Crippen LogP contribution in [0.3, 0.4) is 0 Å². The highest BCUT2D eigenvalue weighted by molar-refractivity contribution is 5.17. The van der Waals surface area contributed by atoms with E-state index in [1.807, 2.05) is 0 Å². The fourth-order valence-electron chi connectivity index (χ4n) is 2.02. The standard InChI is InChI=1S/C14H19N/c1-2-8-14(9-3-1)10-4-5-11-15-12-6-7-13-15/h1-5,8-9H,6-7,10-13H2. The highest BCUT2D eigenvalue weighted by Gasteiger charge is 2.08. The molecule has 1 aliphatic rings. The molecule has 1 heteroatoms. The number of nitrogens with zero attached hydrogens (tertiary/aromatic N) is 1. The van der Waals surface area contributed by atoms with Gasteiger partial charge in [0.1, 0.15) is 0 Å². The summed E-state index contributed by atoms with van der Waals surface area (Å²) < 4.78 is 0. The van der Waals surface area contributed by atoms with Crippen LogP contribution in [0.4, 0.5) is 0 Å². The molecule has 1 aliphatic heterocycles. The highest BCUT2D eigenvalue weighted by atomic mass is 15.1. The monoisotopic (exact) mass is 201 g/mol. The zero-order valence-corrected chi connectivity index (χ0v) is 9.23. The Morgan fingerprint density at radius 1 is 1.00 bits per heavy atom. The van der Waals surface area contributed by atoms with Crippen LogP contribution < -0.4 is 0 Å². The van der Waals surface area contributed by atoms with E-state index < -0.39 is 0 Å². The first-order valence-electron chi connectivity index (χ1n) is 5.86. The Kier molecular flexibility index (Phi) is 3.98. The van der Waals surface area contributed by atoms with Gasteiger partial charge in [0.2, 0.25) is 0 Å². The second kappa shape index (κ2) is 5.72. The minimum atomic E-state index is 1.06. The lowest BCUT2D eigenvalue weighted by Gasteiger charge is -2.10. The van der Waals surface area contributed by atoms with Crippen molar-refractivity contribution in [3.8, 4) is 0 Å². The van der Waals surface area contributed by atoms with E-state index in [4.69, 9.17) is 0 Å². The number of allylic oxidation sites excluding steroid dienone is 1. The van der Waals surface area contributed by atoms with Gasteiger partial charge in [0, 0.05) is 6.54 Å². The van der Waals surface area contributed by atoms with Crippen LogP contribution in [0, 0.1) is 0 Å². The van der Waals surface area contributed by atoms with Crippen molar-refractivity contribution in [1.82, 2.24) is 4.90 Å². The van der Waals surface area contributed by atoms with Crippen molar-refractivity contribution in [3.63, 3.8) is 0 Å². The molecule has 1 fully saturated rings. The quantitative estimate of drug-likeness (QED) is 0.677. The lowest BCUT2D eigenvalue weighted by Crippen LogP contribution is -2.18. The Hall–Kier alpha value is -1.08. The van der Waals surface area contributed by atoms with Gasteiger partial charge in [-0.3, -0.25) is 4.90 Å². The predicted octanol–water partition coefficient (Wildman–Crippen LogP) is 2.88. The first-order chi connectivity index (χ1) is 7.45. The molecule has 2 rings (SSSR count). The Morgan fingerprint density at radius 2 is 1.73 bits per heavy atom. The average molecular weight is 201 g/mol. The zero-order chi connectivity index (χ0) is 10.3. The van der Waals surface area contributed by atoms with Gasteiger partial charge in [-0.05, 0) is 37.9 Å². The van der Waals surface area contributed by atoms with Crippen LogP contribution >= 0.6 is 0 Å². The van der Waals surface area contributed by atoms with E-state index in [9.17, 15) is 0 Å². The Morgan fingerprint density at radius 3 is 2.47 bits per heavy atom. The van der Waals surface area contributed by atoms with Crippen molar-refractivity contribution >= 4 is 0 Å². The van der Waals surface area contributed by atoms with Gasteiger partial charge >= 0.3 is 0 Å². The maximum absolute atomic E-state index is 2.52. The van der Waals surface area contributed by atoms with Crippen molar-refractivity contribution in [2.75, 3.05) is 19.6 Å². The van der Waals surface area contributed by atoms with E-state index in [1.54, 1.807) is 0 Å². The van der Waals surface area contributed by atoms with Crippen molar-refractivity contribution in [1.29, 1.82) is 0 Å². The molecule has 1 aromatic rings. The molecule has 0 spiro atoms. The topological polar surface area (TPSA) is 3.24 Å². The summed E-state index contributed by atoms with van der Waals surface area (Å²) in [6.07, 6.45) is 8.42. The molecule has 0 aliphatic carbocycles. The van der Waals surface area contributed by atoms with Crippen molar-refractivity contribution in [2.24, 2.45) is 0 Å². The van der Waals surface area contributed by atoms with E-state index in [1.165, 1.54) is 31.5 Å². The van der Waals surface area contributed by atoms with Gasteiger partial charge in [-0.1, -0.05) is 42.5 Å². The second-order valence-electron chi connectivity index (χ2n) is 4.17. The molecule has 1 saturated heterocycles. The molecule has 0 atom stereocenters. The van der Waals surface area contributed by atoms with Gasteiger partial charge in [-0.25, -0.2) is 0 Å². The minimum Gasteiger partial charge on any atom is -0.300 e. The summed E-state index contributed by atoms with van der Waals surface area (Å²) in [6, 6.07) is 10.6. The van der Waals surface area contributed by atoms with Crippen LogP contribution in [0.15, 0.2) is 42.5 Å². The van der Waals surface area contributed by atoms with Gasteiger partial charge in [-0.15, -0.1) is 0 Å². The van der Waals surface area contributed by atoms with Crippen LogP contribution in [-0.4, -0.2) is 24.5 Å². The minimum absolute atomic E-state index is 1.06. The number of hydrogen-bond acceptors (Lipinski definition) is 1. The van der Waals surface area contributed by atoms with Crippen molar-refractivity contribution in [3.05, 3.63) is 48.0 Å². The summed E-state index contributed by atoms with van der Waals surface area (Å²) in [5, 5.41) is 0. The molecule has 0 radical (unpaired) electrons. The van der Waals surface area contributed by atoms with Crippen molar-refractivity contribution < 1.29 is 0 Å². The van der Waals surface area contributed by atoms with E-state index in [2.05, 4.69) is 47.4 Å². The smallest absolute Gasteiger partial charge is 0.0163 e. The largest absolute Gasteiger partial charge is 0.300 e. The van der Waals surface area contributed by atoms with Gasteiger partial charge < -0.3 is 0 Å². The summed E-state index contributed by atoms with van der Waals surface area (Å²) in [5.41, 5.74) is 1.40. The SMILES string of the molecule is C(=CCN1CCCC1)Cc1ccccc1. The Balaban J connectivity index is 1.71. The molecule has 0 unspecified atom stereocenters. The van der Waals surface area contributed by atoms with E-state index >= 15 is 0 Å². The first kappa shape index (κ1) is 10.4. The lowest BCUT2D eigenvalue weighted by molar-refractivity contribution is 0.377. The summed E-state index contributed by atoms with van der Waals surface area (Å²) >= 11 is 0. The average Bonchev–Trinajstić information content (AvgIpc) is 2.79. The third-order valence-electron chi connectivity index (χ3n) is 2.93. The molecule has 80 valence electrons. The van der Waals surface area contributed by atoms with Crippen LogP contribution in [0.1, 0.15) is 18.4 Å². The molecule has 1 aromatic carbocycles. The fraction of sp³-hybridized carbons (Fsp3) is 0.429. The number of rotatable bonds is 4. The number of hydrogen-bond donors (Lipinski definition) is 0. The second-order valence-corrected chi connectivity index (χ2v) is 4.17. The third-order valence-corrected chi connectivity index (χ3v) is 2.93. The highest BCUT2D eigenvalue weighted by Crippen LogP contribution is 2.06. The Labute approximate surface area is 92.4 Å². The molecule has 1 heterocycles. The fourth-order valence-corrected chi connectivity index (χ4v) is 2.02. The molecule has 0 bridgehead atoms. The normalized spacial score (nSPS) is 17.6. The number of likely N-dealkylation sites (tertiary alicyclic amines) is 1. The van der Waals surface area contributed by atoms with Gasteiger partial charge in [0.05, 0.1) is 0 Å². The summed E-state index contributed by atoms with van der Waals surface area (Å²) in [5.74, 6) is 0. The van der Waals surface area contributed by atoms with Gasteiger partial charge in [-0.2, -0.15) is 0 Å². The molecule has 0 N–H and O–H groups in total.